The van der Waals surface area contributed by atoms with E-state index in [0.717, 1.165) is 30.1 Å². The van der Waals surface area contributed by atoms with Gasteiger partial charge in [-0.3, -0.25) is 4.79 Å². The molecule has 0 radical (unpaired) electrons. The molecule has 34 heavy (non-hydrogen) atoms. The van der Waals surface area contributed by atoms with Gasteiger partial charge in [0, 0.05) is 55.1 Å². The second-order valence-corrected chi connectivity index (χ2v) is 16.9. The summed E-state index contributed by atoms with van der Waals surface area (Å²) in [6.07, 6.45) is 2.04. The summed E-state index contributed by atoms with van der Waals surface area (Å²) in [6.45, 7) is 9.14. The van der Waals surface area contributed by atoms with Gasteiger partial charge in [-0.05, 0) is 19.0 Å². The molecule has 0 bridgehead atoms. The number of thiophene rings is 1. The van der Waals surface area contributed by atoms with E-state index in [1.165, 1.54) is 6.92 Å². The fourth-order valence-electron chi connectivity index (χ4n) is 4.26. The number of alkyl halides is 2. The van der Waals surface area contributed by atoms with Crippen LogP contribution in [0.15, 0.2) is 27.7 Å². The second kappa shape index (κ2) is 8.69. The zero-order chi connectivity index (χ0) is 24.9. The number of nitrogens with zero attached hydrogens (tertiary/aromatic N) is 2. The Balaban J connectivity index is 1.69. The predicted molar refractivity (Wildman–Crippen MR) is 128 cm³/mol. The smallest absolute Gasteiger partial charge is 0.354 e. The van der Waals surface area contributed by atoms with Crippen molar-refractivity contribution in [3.63, 3.8) is 0 Å². The zero-order valence-corrected chi connectivity index (χ0v) is 21.7. The van der Waals surface area contributed by atoms with E-state index in [1.54, 1.807) is 23.1 Å². The van der Waals surface area contributed by atoms with Crippen LogP contribution in [0.3, 0.4) is 0 Å². The lowest BCUT2D eigenvalue weighted by Gasteiger charge is -2.35. The van der Waals surface area contributed by atoms with Crippen LogP contribution in [-0.2, 0) is 32.8 Å². The molecule has 0 N–H and O–H groups in total. The fraction of sp³-hybridized carbons (Fsp3) is 0.522. The molecule has 0 fully saturated rings. The molecule has 7 nitrogen and oxygen atoms in total. The number of aromatic nitrogens is 2. The number of fused-ring (bicyclic) bond motifs is 3. The highest BCUT2D eigenvalue weighted by Crippen LogP contribution is 2.48. The van der Waals surface area contributed by atoms with Gasteiger partial charge in [-0.25, -0.2) is 18.3 Å². The maximum absolute atomic E-state index is 14.7. The normalized spacial score (nSPS) is 19.9. The summed E-state index contributed by atoms with van der Waals surface area (Å²) in [7, 11) is -0.0529. The Morgan fingerprint density at radius 2 is 2.09 bits per heavy atom. The van der Waals surface area contributed by atoms with Crippen molar-refractivity contribution in [3.05, 3.63) is 40.2 Å². The maximum Gasteiger partial charge on any atom is 0.354 e. The molecule has 0 spiro atoms. The summed E-state index contributed by atoms with van der Waals surface area (Å²) >= 11 is 1.15. The topological polar surface area (TPSA) is 83.6 Å². The Morgan fingerprint density at radius 3 is 2.76 bits per heavy atom. The van der Waals surface area contributed by atoms with Crippen LogP contribution in [0.5, 0.6) is 0 Å². The third kappa shape index (κ3) is 4.73. The number of hydrogen-bond donors (Lipinski definition) is 0. The van der Waals surface area contributed by atoms with Gasteiger partial charge in [-0.1, -0.05) is 19.6 Å². The van der Waals surface area contributed by atoms with Gasteiger partial charge < -0.3 is 13.9 Å². The first-order valence-electron chi connectivity index (χ1n) is 11.0. The van der Waals surface area contributed by atoms with Crippen molar-refractivity contribution in [2.75, 3.05) is 13.7 Å². The predicted octanol–water partition coefficient (Wildman–Crippen LogP) is 5.04. The molecule has 0 aromatic carbocycles. The average molecular weight is 511 g/mol. The second-order valence-electron chi connectivity index (χ2n) is 10.2. The van der Waals surface area contributed by atoms with Crippen LogP contribution in [0.1, 0.15) is 24.7 Å². The van der Waals surface area contributed by atoms with Gasteiger partial charge in [0.1, 0.15) is 22.6 Å². The number of rotatable bonds is 7. The fourth-order valence-corrected chi connectivity index (χ4v) is 6.05. The van der Waals surface area contributed by atoms with Crippen LogP contribution in [0.2, 0.25) is 25.7 Å². The van der Waals surface area contributed by atoms with Crippen molar-refractivity contribution in [1.82, 2.24) is 9.78 Å². The average Bonchev–Trinajstić information content (AvgIpc) is 3.38. The molecule has 1 atom stereocenters. The first-order valence-corrected chi connectivity index (χ1v) is 15.5. The summed E-state index contributed by atoms with van der Waals surface area (Å²) in [4.78, 5) is 25.9. The minimum atomic E-state index is -3.15. The monoisotopic (exact) mass is 510 g/mol. The SMILES string of the molecule is COC(=O)C1(C)CC(F)(F)Cc2c1oc(=O)c1sc(-c3cnn(COCC[Si](C)(C)C)c3)cc21. The standard InChI is InChI=1S/C23H28F2N2O5SSi/c1-22(21(29)30-2)12-23(24,25)9-16-15-8-17(33-18(15)20(28)32-19(16)22)14-10-26-27(11-14)13-31-6-7-34(3,4)5/h8,10-11H,6-7,9,12-13H2,1-5H3. The molecule has 4 rings (SSSR count). The van der Waals surface area contributed by atoms with Crippen molar-refractivity contribution in [1.29, 1.82) is 0 Å². The molecule has 1 unspecified atom stereocenters. The van der Waals surface area contributed by atoms with Gasteiger partial charge in [-0.2, -0.15) is 5.10 Å². The van der Waals surface area contributed by atoms with Crippen molar-refractivity contribution >= 4 is 35.5 Å². The van der Waals surface area contributed by atoms with Crippen LogP contribution in [0.25, 0.3) is 20.5 Å². The van der Waals surface area contributed by atoms with Crippen molar-refractivity contribution in [2.24, 2.45) is 0 Å². The van der Waals surface area contributed by atoms with Gasteiger partial charge in [0.15, 0.2) is 0 Å². The van der Waals surface area contributed by atoms with Gasteiger partial charge in [0.2, 0.25) is 0 Å². The number of hydrogen-bond acceptors (Lipinski definition) is 7. The Kier molecular flexibility index (Phi) is 6.32. The van der Waals surface area contributed by atoms with Crippen LogP contribution >= 0.6 is 11.3 Å². The molecule has 3 heterocycles. The molecule has 3 aromatic heterocycles. The summed E-state index contributed by atoms with van der Waals surface area (Å²) in [5.41, 5.74) is -1.50. The Morgan fingerprint density at radius 1 is 1.35 bits per heavy atom. The molecule has 1 aliphatic carbocycles. The van der Waals surface area contributed by atoms with Crippen LogP contribution in [0.4, 0.5) is 8.78 Å². The lowest BCUT2D eigenvalue weighted by molar-refractivity contribution is -0.153. The highest BCUT2D eigenvalue weighted by Gasteiger charge is 2.54. The first kappa shape index (κ1) is 24.7. The minimum absolute atomic E-state index is 0.0429. The lowest BCUT2D eigenvalue weighted by Crippen LogP contribution is -2.45. The molecule has 1 aliphatic rings. The van der Waals surface area contributed by atoms with E-state index in [1.807, 2.05) is 0 Å². The van der Waals surface area contributed by atoms with Gasteiger partial charge in [-0.15, -0.1) is 11.3 Å². The number of halogens is 2. The van der Waals surface area contributed by atoms with Crippen molar-refractivity contribution in [3.8, 4) is 10.4 Å². The van der Waals surface area contributed by atoms with Crippen molar-refractivity contribution in [2.45, 2.75) is 63.5 Å². The molecule has 3 aromatic rings. The van der Waals surface area contributed by atoms with E-state index in [9.17, 15) is 18.4 Å². The van der Waals surface area contributed by atoms with E-state index in [0.29, 0.717) is 23.6 Å². The van der Waals surface area contributed by atoms with Crippen LogP contribution < -0.4 is 5.63 Å². The summed E-state index contributed by atoms with van der Waals surface area (Å²) in [6, 6.07) is 2.75. The molecule has 0 amide bonds. The van der Waals surface area contributed by atoms with Crippen LogP contribution in [-0.4, -0.2) is 43.5 Å². The van der Waals surface area contributed by atoms with Crippen LogP contribution in [0, 0.1) is 0 Å². The summed E-state index contributed by atoms with van der Waals surface area (Å²) < 4.78 is 47.3. The van der Waals surface area contributed by atoms with Gasteiger partial charge in [0.05, 0.1) is 13.3 Å². The number of methoxy groups -OCH3 is 1. The maximum atomic E-state index is 14.7. The Bertz CT molecular complexity index is 1290. The summed E-state index contributed by atoms with van der Waals surface area (Å²) in [5, 5.41) is 4.69. The molecular formula is C23H28F2N2O5SSi. The zero-order valence-electron chi connectivity index (χ0n) is 19.9. The minimum Gasteiger partial charge on any atom is -0.468 e. The largest absolute Gasteiger partial charge is 0.468 e. The molecule has 184 valence electrons. The van der Waals surface area contributed by atoms with E-state index in [-0.39, 0.29) is 16.0 Å². The first-order chi connectivity index (χ1) is 15.8. The van der Waals surface area contributed by atoms with E-state index < -0.39 is 43.8 Å². The van der Waals surface area contributed by atoms with E-state index >= 15 is 0 Å². The van der Waals surface area contributed by atoms with E-state index in [2.05, 4.69) is 24.7 Å². The number of carbonyl (C=O) groups is 1. The van der Waals surface area contributed by atoms with Gasteiger partial charge >= 0.3 is 11.6 Å². The Labute approximate surface area is 200 Å². The molecular weight excluding hydrogens is 482 g/mol. The Hall–Kier alpha value is -2.37. The summed E-state index contributed by atoms with van der Waals surface area (Å²) in [5.74, 6) is -4.05. The highest BCUT2D eigenvalue weighted by atomic mass is 32.1. The van der Waals surface area contributed by atoms with Gasteiger partial charge in [0.25, 0.3) is 5.92 Å². The quantitative estimate of drug-likeness (QED) is 0.252. The van der Waals surface area contributed by atoms with Crippen molar-refractivity contribution < 1.29 is 27.5 Å². The van der Waals surface area contributed by atoms with E-state index in [4.69, 9.17) is 13.9 Å². The molecule has 0 saturated carbocycles. The number of ether oxygens (including phenoxy) is 2. The molecule has 11 heteroatoms. The highest BCUT2D eigenvalue weighted by molar-refractivity contribution is 7.22. The third-order valence-corrected chi connectivity index (χ3v) is 8.90. The number of carbonyl (C=O) groups excluding carboxylic acids is 1. The number of esters is 1. The third-order valence-electron chi connectivity index (χ3n) is 6.03. The lowest BCUT2D eigenvalue weighted by atomic mass is 9.73. The molecule has 0 saturated heterocycles. The molecule has 0 aliphatic heterocycles.